The number of halogens is 2. The van der Waals surface area contributed by atoms with E-state index in [-0.39, 0.29) is 22.7 Å². The van der Waals surface area contributed by atoms with Gasteiger partial charge in [-0.25, -0.2) is 8.78 Å². The Kier molecular flexibility index (Phi) is 5.45. The Balaban J connectivity index is 1.49. The second-order valence-electron chi connectivity index (χ2n) is 11.1. The zero-order valence-electron chi connectivity index (χ0n) is 19.8. The Morgan fingerprint density at radius 1 is 1.06 bits per heavy atom. The van der Waals surface area contributed by atoms with E-state index < -0.39 is 23.7 Å². The number of aliphatic hydroxyl groups is 1. The lowest BCUT2D eigenvalue weighted by Gasteiger charge is -2.52. The Hall–Kier alpha value is -2.05. The third-order valence-corrected chi connectivity index (χ3v) is 9.47. The van der Waals surface area contributed by atoms with E-state index in [1.54, 1.807) is 6.08 Å². The molecule has 34 heavy (non-hydrogen) atoms. The lowest BCUT2D eigenvalue weighted by molar-refractivity contribution is -0.114. The molecular formula is C28H33F2NO3. The number of benzene rings is 1. The second kappa shape index (κ2) is 8.27. The van der Waals surface area contributed by atoms with E-state index in [1.807, 2.05) is 4.90 Å². The van der Waals surface area contributed by atoms with Gasteiger partial charge in [-0.3, -0.25) is 4.79 Å². The summed E-state index contributed by atoms with van der Waals surface area (Å²) < 4.78 is 37.0. The van der Waals surface area contributed by atoms with Gasteiger partial charge in [0.2, 0.25) is 0 Å². The molecule has 6 rings (SSSR count). The van der Waals surface area contributed by atoms with E-state index in [2.05, 4.69) is 6.92 Å². The number of aliphatic hydroxyl groups excluding tert-OH is 1. The summed E-state index contributed by atoms with van der Waals surface area (Å²) >= 11 is 0. The number of allylic oxidation sites excluding steroid dienone is 4. The molecule has 1 aromatic carbocycles. The van der Waals surface area contributed by atoms with Crippen LogP contribution >= 0.6 is 0 Å². The molecule has 0 aromatic heterocycles. The highest BCUT2D eigenvalue weighted by Crippen LogP contribution is 2.64. The van der Waals surface area contributed by atoms with Crippen LogP contribution in [0.4, 0.5) is 14.5 Å². The molecule has 0 spiro atoms. The molecule has 6 heteroatoms. The third kappa shape index (κ3) is 3.40. The monoisotopic (exact) mass is 469 g/mol. The number of anilines is 1. The Morgan fingerprint density at radius 2 is 1.79 bits per heavy atom. The molecule has 0 amide bonds. The summed E-state index contributed by atoms with van der Waals surface area (Å²) in [4.78, 5) is 14.1. The van der Waals surface area contributed by atoms with E-state index in [9.17, 15) is 9.90 Å². The Bertz CT molecular complexity index is 1070. The number of ketones is 1. The van der Waals surface area contributed by atoms with Crippen molar-refractivity contribution in [2.24, 2.45) is 17.3 Å². The number of rotatable bonds is 2. The molecule has 2 saturated carbocycles. The minimum Gasteiger partial charge on any atom is -0.393 e. The molecule has 3 fully saturated rings. The number of nitrogens with zero attached hydrogens (tertiary/aromatic N) is 1. The van der Waals surface area contributed by atoms with E-state index in [1.165, 1.54) is 17.7 Å². The van der Waals surface area contributed by atoms with Crippen molar-refractivity contribution in [3.05, 3.63) is 52.1 Å². The van der Waals surface area contributed by atoms with Crippen molar-refractivity contribution < 1.29 is 23.4 Å². The third-order valence-electron chi connectivity index (χ3n) is 9.47. The minimum atomic E-state index is -0.504. The zero-order chi connectivity index (χ0) is 23.6. The fourth-order valence-corrected chi connectivity index (χ4v) is 7.80. The molecule has 5 unspecified atom stereocenters. The molecule has 4 nitrogen and oxygen atoms in total. The van der Waals surface area contributed by atoms with E-state index in [0.29, 0.717) is 57.2 Å². The van der Waals surface area contributed by atoms with Gasteiger partial charge in [-0.2, -0.15) is 0 Å². The zero-order valence-corrected chi connectivity index (χ0v) is 19.8. The Labute approximate surface area is 199 Å². The summed E-state index contributed by atoms with van der Waals surface area (Å²) in [5, 5.41) is 11.0. The molecule has 1 heterocycles. The highest BCUT2D eigenvalue weighted by atomic mass is 19.1. The molecular weight excluding hydrogens is 436 g/mol. The maximum atomic E-state index is 15.8. The number of hydrogen-bond acceptors (Lipinski definition) is 4. The van der Waals surface area contributed by atoms with Crippen LogP contribution < -0.4 is 4.90 Å². The van der Waals surface area contributed by atoms with Gasteiger partial charge in [0.1, 0.15) is 11.6 Å². The fraction of sp³-hybridized carbons (Fsp3) is 0.607. The Morgan fingerprint density at radius 3 is 2.53 bits per heavy atom. The van der Waals surface area contributed by atoms with Crippen LogP contribution in [-0.2, 0) is 9.53 Å². The molecule has 5 aliphatic rings. The van der Waals surface area contributed by atoms with Gasteiger partial charge in [0.15, 0.2) is 5.78 Å². The molecule has 4 aliphatic carbocycles. The van der Waals surface area contributed by atoms with Gasteiger partial charge >= 0.3 is 0 Å². The number of carbonyl (C=O) groups excluding carboxylic acids is 1. The van der Waals surface area contributed by atoms with Crippen molar-refractivity contribution in [3.8, 4) is 0 Å². The van der Waals surface area contributed by atoms with E-state index in [0.717, 1.165) is 36.8 Å². The van der Waals surface area contributed by atoms with Crippen LogP contribution in [0.3, 0.4) is 0 Å². The van der Waals surface area contributed by atoms with Gasteiger partial charge in [0, 0.05) is 36.7 Å². The van der Waals surface area contributed by atoms with Gasteiger partial charge in [-0.15, -0.1) is 0 Å². The van der Waals surface area contributed by atoms with Crippen molar-refractivity contribution in [2.45, 2.75) is 63.9 Å². The number of morpholine rings is 1. The smallest absolute Gasteiger partial charge is 0.156 e. The lowest BCUT2D eigenvalue weighted by Crippen LogP contribution is -2.45. The topological polar surface area (TPSA) is 49.8 Å². The van der Waals surface area contributed by atoms with Crippen molar-refractivity contribution in [2.75, 3.05) is 31.2 Å². The SMILES string of the molecule is CC12CC(c3c(F)cc(N4CCOCC4)cc3F)C3=C4CCC(=O)C=C4CCC3C1CCC2O. The molecule has 5 atom stereocenters. The van der Waals surface area contributed by atoms with Crippen LogP contribution in [0.5, 0.6) is 0 Å². The number of fused-ring (bicyclic) bond motifs is 4. The van der Waals surface area contributed by atoms with Gasteiger partial charge < -0.3 is 14.7 Å². The van der Waals surface area contributed by atoms with Gasteiger partial charge in [-0.1, -0.05) is 12.5 Å². The standard InChI is InChI=1S/C28H33F2NO3/c1-28-15-21(27-23(29)13-17(14-24(27)30)31-8-10-34-11-9-31)26-19-5-3-18(32)12-16(19)2-4-20(26)22(28)6-7-25(28)33/h12-14,20-22,25,33H,2-11,15H2,1H3. The molecule has 0 bridgehead atoms. The number of ether oxygens (including phenoxy) is 1. The van der Waals surface area contributed by atoms with Crippen molar-refractivity contribution in [1.82, 2.24) is 0 Å². The first kappa shape index (κ1) is 22.4. The normalized spacial score (nSPS) is 35.6. The quantitative estimate of drug-likeness (QED) is 0.658. The van der Waals surface area contributed by atoms with Crippen LogP contribution in [-0.4, -0.2) is 43.3 Å². The number of carbonyl (C=O) groups is 1. The van der Waals surface area contributed by atoms with Gasteiger partial charge in [0.05, 0.1) is 19.3 Å². The van der Waals surface area contributed by atoms with Crippen molar-refractivity contribution >= 4 is 11.5 Å². The van der Waals surface area contributed by atoms with Crippen molar-refractivity contribution in [3.63, 3.8) is 0 Å². The molecule has 182 valence electrons. The molecule has 1 N–H and O–H groups in total. The van der Waals surface area contributed by atoms with Gasteiger partial charge in [0.25, 0.3) is 0 Å². The predicted molar refractivity (Wildman–Crippen MR) is 126 cm³/mol. The minimum absolute atomic E-state index is 0.140. The van der Waals surface area contributed by atoms with Crippen LogP contribution in [0.25, 0.3) is 0 Å². The van der Waals surface area contributed by atoms with E-state index in [4.69, 9.17) is 4.74 Å². The van der Waals surface area contributed by atoms with Crippen LogP contribution in [0.2, 0.25) is 0 Å². The van der Waals surface area contributed by atoms with Gasteiger partial charge in [-0.05, 0) is 85.1 Å². The highest BCUT2D eigenvalue weighted by Gasteiger charge is 2.57. The van der Waals surface area contributed by atoms with Crippen molar-refractivity contribution in [1.29, 1.82) is 0 Å². The van der Waals surface area contributed by atoms with E-state index >= 15 is 8.78 Å². The maximum Gasteiger partial charge on any atom is 0.156 e. The highest BCUT2D eigenvalue weighted by molar-refractivity contribution is 5.93. The summed E-state index contributed by atoms with van der Waals surface area (Å²) in [5.41, 5.74) is 3.73. The van der Waals surface area contributed by atoms with Crippen LogP contribution in [0.1, 0.15) is 63.4 Å². The first-order valence-electron chi connectivity index (χ1n) is 12.8. The molecule has 1 aromatic rings. The lowest BCUT2D eigenvalue weighted by atomic mass is 9.53. The summed E-state index contributed by atoms with van der Waals surface area (Å²) in [6.07, 6.45) is 6.41. The summed E-state index contributed by atoms with van der Waals surface area (Å²) in [5.74, 6) is -0.743. The average Bonchev–Trinajstić information content (AvgIpc) is 3.12. The first-order valence-corrected chi connectivity index (χ1v) is 12.8. The average molecular weight is 470 g/mol. The maximum absolute atomic E-state index is 15.8. The summed E-state index contributed by atoms with van der Waals surface area (Å²) in [6, 6.07) is 2.96. The molecule has 1 saturated heterocycles. The second-order valence-corrected chi connectivity index (χ2v) is 11.1. The largest absolute Gasteiger partial charge is 0.393 e. The predicted octanol–water partition coefficient (Wildman–Crippen LogP) is 5.06. The molecule has 1 aliphatic heterocycles. The fourth-order valence-electron chi connectivity index (χ4n) is 7.80. The summed E-state index contributed by atoms with van der Waals surface area (Å²) in [6.45, 7) is 4.46. The van der Waals surface area contributed by atoms with Crippen LogP contribution in [0.15, 0.2) is 34.9 Å². The first-order chi connectivity index (χ1) is 16.4. The van der Waals surface area contributed by atoms with Crippen LogP contribution in [0, 0.1) is 28.9 Å². The number of hydrogen-bond donors (Lipinski definition) is 1. The molecule has 0 radical (unpaired) electrons. The summed E-state index contributed by atoms with van der Waals surface area (Å²) in [7, 11) is 0.